The first kappa shape index (κ1) is 31.2. The van der Waals surface area contributed by atoms with Gasteiger partial charge in [0.05, 0.1) is 59.9 Å². The Labute approximate surface area is 248 Å². The van der Waals surface area contributed by atoms with Crippen molar-refractivity contribution < 1.29 is 44.6 Å². The molecule has 4 heterocycles. The van der Waals surface area contributed by atoms with Gasteiger partial charge in [-0.25, -0.2) is 40.3 Å². The monoisotopic (exact) mass is 636 g/mol. The molecule has 0 bridgehead atoms. The number of rotatable bonds is 7. The molecule has 44 heavy (non-hydrogen) atoms. The van der Waals surface area contributed by atoms with Crippen LogP contribution in [-0.2, 0) is 33.4 Å². The summed E-state index contributed by atoms with van der Waals surface area (Å²) in [7, 11) is -3.29. The van der Waals surface area contributed by atoms with Crippen LogP contribution in [0, 0.1) is 5.82 Å². The summed E-state index contributed by atoms with van der Waals surface area (Å²) < 4.78 is 106. The molecule has 0 radical (unpaired) electrons. The number of methoxy groups -OCH3 is 1. The highest BCUT2D eigenvalue weighted by atomic mass is 32.2. The number of nitrogens with one attached hydrogen (secondary N) is 1. The zero-order valence-corrected chi connectivity index (χ0v) is 24.1. The molecule has 0 aliphatic carbocycles. The van der Waals surface area contributed by atoms with Crippen molar-refractivity contribution >= 4 is 26.6 Å². The Morgan fingerprint density at radius 2 is 1.95 bits per heavy atom. The van der Waals surface area contributed by atoms with Crippen LogP contribution in [0.1, 0.15) is 40.7 Å². The quantitative estimate of drug-likeness (QED) is 0.275. The summed E-state index contributed by atoms with van der Waals surface area (Å²) in [5, 5.41) is 3.14. The molecule has 15 heteroatoms. The minimum atomic E-state index is -4.55. The number of carbonyl (C=O) groups is 1. The van der Waals surface area contributed by atoms with E-state index in [1.165, 1.54) is 19.4 Å². The van der Waals surface area contributed by atoms with Crippen molar-refractivity contribution in [2.24, 2.45) is 0 Å². The Morgan fingerprint density at radius 3 is 2.68 bits per heavy atom. The van der Waals surface area contributed by atoms with E-state index in [-0.39, 0.29) is 36.8 Å². The van der Waals surface area contributed by atoms with Crippen molar-refractivity contribution in [2.45, 2.75) is 49.0 Å². The van der Waals surface area contributed by atoms with Crippen LogP contribution < -0.4 is 10.1 Å². The van der Waals surface area contributed by atoms with Crippen molar-refractivity contribution in [3.05, 3.63) is 77.0 Å². The zero-order chi connectivity index (χ0) is 31.8. The summed E-state index contributed by atoms with van der Waals surface area (Å²) in [5.41, 5.74) is -5.10. The van der Waals surface area contributed by atoms with Crippen LogP contribution in [-0.4, -0.2) is 54.9 Å². The van der Waals surface area contributed by atoms with E-state index in [9.17, 15) is 35.2 Å². The van der Waals surface area contributed by atoms with Crippen molar-refractivity contribution in [1.82, 2.24) is 20.3 Å². The number of carbonyl (C=O) groups excluding carboxylic acids is 1. The van der Waals surface area contributed by atoms with Gasteiger partial charge >= 0.3 is 0 Å². The molecule has 0 spiro atoms. The normalized spacial score (nSPS) is 17.8. The summed E-state index contributed by atoms with van der Waals surface area (Å²) in [6.45, 7) is -0.0278. The lowest BCUT2D eigenvalue weighted by Crippen LogP contribution is -2.26. The lowest BCUT2D eigenvalue weighted by Gasteiger charge is -2.20. The molecular formula is C29H25F5N4O5S. The molecule has 1 aliphatic rings. The molecule has 2 atom stereocenters. The number of hydrogen-bond acceptors (Lipinski definition) is 8. The molecule has 1 aliphatic heterocycles. The van der Waals surface area contributed by atoms with Gasteiger partial charge in [-0.15, -0.1) is 0 Å². The maximum absolute atomic E-state index is 14.8. The maximum atomic E-state index is 14.8. The van der Waals surface area contributed by atoms with Gasteiger partial charge in [0.25, 0.3) is 12.3 Å². The summed E-state index contributed by atoms with van der Waals surface area (Å²) in [4.78, 5) is 25.0. The average molecular weight is 637 g/mol. The van der Waals surface area contributed by atoms with E-state index in [1.54, 1.807) is 18.2 Å². The zero-order valence-electron chi connectivity index (χ0n) is 23.3. The number of sulfone groups is 1. The highest BCUT2D eigenvalue weighted by Gasteiger charge is 2.39. The van der Waals surface area contributed by atoms with Gasteiger partial charge in [0, 0.05) is 29.1 Å². The third kappa shape index (κ3) is 5.93. The minimum absolute atomic E-state index is 0.114. The summed E-state index contributed by atoms with van der Waals surface area (Å²) in [5.74, 6) is -1.96. The minimum Gasteiger partial charge on any atom is -0.480 e. The van der Waals surface area contributed by atoms with E-state index in [1.807, 2.05) is 0 Å². The first-order chi connectivity index (χ1) is 20.8. The van der Waals surface area contributed by atoms with E-state index in [2.05, 4.69) is 20.3 Å². The molecular weight excluding hydrogens is 611 g/mol. The van der Waals surface area contributed by atoms with Crippen molar-refractivity contribution in [2.75, 3.05) is 13.7 Å². The fourth-order valence-corrected chi connectivity index (χ4v) is 6.01. The molecule has 3 aromatic heterocycles. The molecule has 1 amide bonds. The maximum Gasteiger partial charge on any atom is 0.277 e. The lowest BCUT2D eigenvalue weighted by molar-refractivity contribution is -0.0288. The predicted octanol–water partition coefficient (Wildman–Crippen LogP) is 5.21. The van der Waals surface area contributed by atoms with E-state index in [4.69, 9.17) is 9.47 Å². The van der Waals surface area contributed by atoms with Crippen LogP contribution in [0.4, 0.5) is 22.0 Å². The van der Waals surface area contributed by atoms with Gasteiger partial charge in [0.15, 0.2) is 0 Å². The third-order valence-corrected chi connectivity index (χ3v) is 8.98. The Hall–Kier alpha value is -4.24. The topological polar surface area (TPSA) is 120 Å². The molecule has 0 saturated carbocycles. The number of halogens is 5. The van der Waals surface area contributed by atoms with Crippen molar-refractivity contribution in [3.8, 4) is 17.1 Å². The number of pyridine rings is 3. The van der Waals surface area contributed by atoms with E-state index in [0.717, 1.165) is 25.1 Å². The smallest absolute Gasteiger partial charge is 0.277 e. The standard InChI is InChI=1S/C29H25F5N4O5S/c1-29(34,28(32)33)24-6-4-18(27(38-24)42-2)21-5-3-15-12-35-17(11-22(15)37-21)13-36-26(39)16-9-20(30)19-14-43-8-7-25(31)44(40,41)23(19)10-16/h3-6,9-12,25,28H,7-8,13-14H2,1-2H3,(H,36,39)/t25-,29-/m1/s1. The number of hydrogen-bond donors (Lipinski definition) is 1. The highest BCUT2D eigenvalue weighted by Crippen LogP contribution is 2.36. The second kappa shape index (κ2) is 12.0. The number of amides is 1. The molecule has 1 N–H and O–H groups in total. The van der Waals surface area contributed by atoms with Crippen LogP contribution in [0.2, 0.25) is 0 Å². The third-order valence-electron chi connectivity index (χ3n) is 7.10. The Balaban J connectivity index is 1.39. The number of ether oxygens (including phenoxy) is 2. The first-order valence-electron chi connectivity index (χ1n) is 13.2. The van der Waals surface area contributed by atoms with Crippen molar-refractivity contribution in [3.63, 3.8) is 0 Å². The number of benzene rings is 1. The van der Waals surface area contributed by atoms with Crippen LogP contribution in [0.15, 0.2) is 53.6 Å². The van der Waals surface area contributed by atoms with Crippen LogP contribution in [0.3, 0.4) is 0 Å². The molecule has 0 unspecified atom stereocenters. The number of fused-ring (bicyclic) bond motifs is 2. The number of alkyl halides is 4. The van der Waals surface area contributed by atoms with Crippen LogP contribution >= 0.6 is 0 Å². The first-order valence-corrected chi connectivity index (χ1v) is 14.7. The van der Waals surface area contributed by atoms with Crippen molar-refractivity contribution in [1.29, 1.82) is 0 Å². The second-order valence-electron chi connectivity index (χ2n) is 10.1. The van der Waals surface area contributed by atoms with Crippen LogP contribution in [0.5, 0.6) is 5.88 Å². The fourth-order valence-electron chi connectivity index (χ4n) is 4.53. The summed E-state index contributed by atoms with van der Waals surface area (Å²) in [6.07, 6.45) is -2.24. The van der Waals surface area contributed by atoms with E-state index in [0.29, 0.717) is 27.9 Å². The Bertz CT molecular complexity index is 1860. The van der Waals surface area contributed by atoms with Gasteiger partial charge in [-0.3, -0.25) is 9.78 Å². The van der Waals surface area contributed by atoms with Crippen LogP contribution in [0.25, 0.3) is 22.2 Å². The van der Waals surface area contributed by atoms with Gasteiger partial charge in [0.1, 0.15) is 5.82 Å². The predicted molar refractivity (Wildman–Crippen MR) is 148 cm³/mol. The molecule has 1 aromatic carbocycles. The van der Waals surface area contributed by atoms with Gasteiger partial charge < -0.3 is 14.8 Å². The van der Waals surface area contributed by atoms with Gasteiger partial charge in [-0.1, -0.05) is 0 Å². The molecule has 5 rings (SSSR count). The van der Waals surface area contributed by atoms with Gasteiger partial charge in [-0.2, -0.15) is 0 Å². The van der Waals surface area contributed by atoms with Gasteiger partial charge in [-0.05, 0) is 49.4 Å². The largest absolute Gasteiger partial charge is 0.480 e. The average Bonchev–Trinajstić information content (AvgIpc) is 3.00. The molecule has 0 saturated heterocycles. The Morgan fingerprint density at radius 1 is 1.18 bits per heavy atom. The SMILES string of the molecule is COc1nc([C@@](C)(F)C(F)F)ccc1-c1ccc2cnc(CNC(=O)c3cc(F)c4c(c3)S(=O)(=O)[C@@H](F)CCOC4)cc2n1. The summed E-state index contributed by atoms with van der Waals surface area (Å²) >= 11 is 0. The molecule has 0 fully saturated rings. The number of aromatic nitrogens is 3. The van der Waals surface area contributed by atoms with E-state index < -0.39 is 56.2 Å². The highest BCUT2D eigenvalue weighted by molar-refractivity contribution is 7.92. The lowest BCUT2D eigenvalue weighted by atomic mass is 10.0. The van der Waals surface area contributed by atoms with E-state index >= 15 is 0 Å². The molecule has 9 nitrogen and oxygen atoms in total. The van der Waals surface area contributed by atoms with Gasteiger partial charge in [0.2, 0.25) is 26.9 Å². The Kier molecular flexibility index (Phi) is 8.53. The second-order valence-corrected chi connectivity index (χ2v) is 12.1. The molecule has 232 valence electrons. The summed E-state index contributed by atoms with van der Waals surface area (Å²) in [6, 6.07) is 9.12. The molecule has 4 aromatic rings. The number of nitrogens with zero attached hydrogens (tertiary/aromatic N) is 3. The fraction of sp³-hybridized carbons (Fsp3) is 0.310.